The SMILES string of the molecule is CCS(=O)(=O)N1CCC(C(=O)Nc2ccc(S(=O)(=O)N3C(C)CCCC3C)cc2)CC1. The highest BCUT2D eigenvalue weighted by atomic mass is 32.2. The Hall–Kier alpha value is -1.49. The fourth-order valence-electron chi connectivity index (χ4n) is 4.53. The number of sulfonamides is 2. The molecule has 3 rings (SSSR count). The van der Waals surface area contributed by atoms with Crippen LogP contribution >= 0.6 is 0 Å². The van der Waals surface area contributed by atoms with Crippen LogP contribution in [0.1, 0.15) is 52.9 Å². The Morgan fingerprint density at radius 1 is 0.968 bits per heavy atom. The monoisotopic (exact) mass is 471 g/mol. The minimum absolute atomic E-state index is 0.0319. The molecular weight excluding hydrogens is 438 g/mol. The number of anilines is 1. The Balaban J connectivity index is 1.63. The van der Waals surface area contributed by atoms with Crippen molar-refractivity contribution in [1.82, 2.24) is 8.61 Å². The Morgan fingerprint density at radius 2 is 1.52 bits per heavy atom. The zero-order valence-corrected chi connectivity index (χ0v) is 20.1. The van der Waals surface area contributed by atoms with Gasteiger partial charge in [0, 0.05) is 36.8 Å². The maximum absolute atomic E-state index is 13.1. The van der Waals surface area contributed by atoms with E-state index in [2.05, 4.69) is 5.32 Å². The number of carbonyl (C=O) groups excluding carboxylic acids is 1. The van der Waals surface area contributed by atoms with Crippen LogP contribution in [0, 0.1) is 5.92 Å². The molecule has 1 amide bonds. The van der Waals surface area contributed by atoms with Crippen LogP contribution in [0.3, 0.4) is 0 Å². The standard InChI is InChI=1S/C21H33N3O5S2/c1-4-30(26,27)23-14-12-18(13-15-23)21(25)22-19-8-10-20(11-9-19)31(28,29)24-16(2)6-5-7-17(24)3/h8-11,16-18H,4-7,12-15H2,1-3H3,(H,22,25). The number of amides is 1. The molecule has 10 heteroatoms. The molecule has 0 spiro atoms. The molecule has 2 unspecified atom stereocenters. The molecule has 1 aromatic carbocycles. The van der Waals surface area contributed by atoms with Crippen LogP contribution in [0.4, 0.5) is 5.69 Å². The Kier molecular flexibility index (Phi) is 7.45. The van der Waals surface area contributed by atoms with Gasteiger partial charge in [0.05, 0.1) is 10.6 Å². The van der Waals surface area contributed by atoms with Crippen LogP contribution in [0.15, 0.2) is 29.2 Å². The van der Waals surface area contributed by atoms with E-state index in [4.69, 9.17) is 0 Å². The molecule has 0 aromatic heterocycles. The van der Waals surface area contributed by atoms with E-state index >= 15 is 0 Å². The molecule has 2 atom stereocenters. The van der Waals surface area contributed by atoms with Crippen molar-refractivity contribution in [3.8, 4) is 0 Å². The summed E-state index contributed by atoms with van der Waals surface area (Å²) in [5, 5.41) is 2.84. The first-order valence-electron chi connectivity index (χ1n) is 11.0. The fourth-order valence-corrected chi connectivity index (χ4v) is 7.54. The largest absolute Gasteiger partial charge is 0.326 e. The molecule has 1 aromatic rings. The summed E-state index contributed by atoms with van der Waals surface area (Å²) in [6.07, 6.45) is 3.69. The van der Waals surface area contributed by atoms with Crippen LogP contribution in [-0.4, -0.2) is 62.3 Å². The number of hydrogen-bond donors (Lipinski definition) is 1. The normalized spacial score (nSPS) is 24.7. The van der Waals surface area contributed by atoms with E-state index in [1.54, 1.807) is 23.4 Å². The van der Waals surface area contributed by atoms with Crippen molar-refractivity contribution in [1.29, 1.82) is 0 Å². The minimum Gasteiger partial charge on any atom is -0.326 e. The summed E-state index contributed by atoms with van der Waals surface area (Å²) in [6, 6.07) is 6.23. The molecule has 2 aliphatic rings. The van der Waals surface area contributed by atoms with Gasteiger partial charge in [-0.2, -0.15) is 4.31 Å². The zero-order valence-electron chi connectivity index (χ0n) is 18.5. The van der Waals surface area contributed by atoms with Crippen LogP contribution in [0.25, 0.3) is 0 Å². The summed E-state index contributed by atoms with van der Waals surface area (Å²) >= 11 is 0. The average molecular weight is 472 g/mol. The van der Waals surface area contributed by atoms with Gasteiger partial charge in [0.1, 0.15) is 0 Å². The Bertz CT molecular complexity index is 974. The molecule has 0 radical (unpaired) electrons. The number of nitrogens with zero attached hydrogens (tertiary/aromatic N) is 2. The summed E-state index contributed by atoms with van der Waals surface area (Å²) in [6.45, 7) is 6.19. The van der Waals surface area contributed by atoms with Crippen molar-refractivity contribution in [3.63, 3.8) is 0 Å². The van der Waals surface area contributed by atoms with Crippen molar-refractivity contribution in [2.75, 3.05) is 24.2 Å². The zero-order chi connectivity index (χ0) is 22.8. The number of carbonyl (C=O) groups is 1. The third kappa shape index (κ3) is 5.30. The van der Waals surface area contributed by atoms with Gasteiger partial charge >= 0.3 is 0 Å². The quantitative estimate of drug-likeness (QED) is 0.687. The summed E-state index contributed by atoms with van der Waals surface area (Å²) in [5.41, 5.74) is 0.535. The lowest BCUT2D eigenvalue weighted by Gasteiger charge is -2.37. The second-order valence-electron chi connectivity index (χ2n) is 8.55. The van der Waals surface area contributed by atoms with Crippen molar-refractivity contribution < 1.29 is 21.6 Å². The highest BCUT2D eigenvalue weighted by molar-refractivity contribution is 7.89. The molecule has 0 saturated carbocycles. The molecule has 2 fully saturated rings. The van der Waals surface area contributed by atoms with Crippen molar-refractivity contribution in [3.05, 3.63) is 24.3 Å². The Labute approximate surface area is 186 Å². The van der Waals surface area contributed by atoms with Crippen LogP contribution in [0.5, 0.6) is 0 Å². The third-order valence-corrected chi connectivity index (χ3v) is 10.4. The molecule has 31 heavy (non-hydrogen) atoms. The lowest BCUT2D eigenvalue weighted by atomic mass is 9.97. The molecule has 8 nitrogen and oxygen atoms in total. The van der Waals surface area contributed by atoms with Gasteiger partial charge in [0.15, 0.2) is 0 Å². The van der Waals surface area contributed by atoms with Crippen molar-refractivity contribution >= 4 is 31.6 Å². The van der Waals surface area contributed by atoms with Gasteiger partial charge in [-0.05, 0) is 70.7 Å². The maximum Gasteiger partial charge on any atom is 0.243 e. The molecule has 2 saturated heterocycles. The first-order valence-corrected chi connectivity index (χ1v) is 14.0. The van der Waals surface area contributed by atoms with E-state index in [0.717, 1.165) is 19.3 Å². The van der Waals surface area contributed by atoms with Gasteiger partial charge in [0.25, 0.3) is 0 Å². The smallest absolute Gasteiger partial charge is 0.243 e. The van der Waals surface area contributed by atoms with Gasteiger partial charge < -0.3 is 5.32 Å². The van der Waals surface area contributed by atoms with Crippen molar-refractivity contribution in [2.24, 2.45) is 5.92 Å². The molecule has 2 heterocycles. The predicted molar refractivity (Wildman–Crippen MR) is 121 cm³/mol. The number of benzene rings is 1. The first-order chi connectivity index (χ1) is 14.6. The second-order valence-corrected chi connectivity index (χ2v) is 12.7. The number of rotatable bonds is 6. The summed E-state index contributed by atoms with van der Waals surface area (Å²) in [5.74, 6) is -0.363. The second kappa shape index (κ2) is 9.56. The molecule has 0 bridgehead atoms. The Morgan fingerprint density at radius 3 is 2.03 bits per heavy atom. The minimum atomic E-state index is -3.59. The van der Waals surface area contributed by atoms with E-state index in [-0.39, 0.29) is 34.6 Å². The summed E-state index contributed by atoms with van der Waals surface area (Å²) in [7, 11) is -6.82. The number of piperidine rings is 2. The molecule has 2 aliphatic heterocycles. The summed E-state index contributed by atoms with van der Waals surface area (Å²) in [4.78, 5) is 12.8. The van der Waals surface area contributed by atoms with Gasteiger partial charge in [-0.25, -0.2) is 21.1 Å². The number of nitrogens with one attached hydrogen (secondary N) is 1. The fraction of sp³-hybridized carbons (Fsp3) is 0.667. The van der Waals surface area contributed by atoms with Crippen LogP contribution in [0.2, 0.25) is 0 Å². The highest BCUT2D eigenvalue weighted by Crippen LogP contribution is 2.30. The summed E-state index contributed by atoms with van der Waals surface area (Å²) < 4.78 is 53.2. The maximum atomic E-state index is 13.1. The van der Waals surface area contributed by atoms with Gasteiger partial charge in [-0.15, -0.1) is 0 Å². The van der Waals surface area contributed by atoms with E-state index < -0.39 is 20.0 Å². The lowest BCUT2D eigenvalue weighted by molar-refractivity contribution is -0.120. The van der Waals surface area contributed by atoms with Gasteiger partial charge in [-0.1, -0.05) is 6.42 Å². The van der Waals surface area contributed by atoms with E-state index in [0.29, 0.717) is 31.6 Å². The molecule has 1 N–H and O–H groups in total. The van der Waals surface area contributed by atoms with E-state index in [9.17, 15) is 21.6 Å². The van der Waals surface area contributed by atoms with Gasteiger partial charge in [0.2, 0.25) is 26.0 Å². The number of hydrogen-bond acceptors (Lipinski definition) is 5. The van der Waals surface area contributed by atoms with E-state index in [1.165, 1.54) is 16.4 Å². The van der Waals surface area contributed by atoms with Crippen molar-refractivity contribution in [2.45, 2.75) is 69.9 Å². The highest BCUT2D eigenvalue weighted by Gasteiger charge is 2.35. The molecule has 0 aliphatic carbocycles. The third-order valence-electron chi connectivity index (χ3n) is 6.39. The predicted octanol–water partition coefficient (Wildman–Crippen LogP) is 2.64. The average Bonchev–Trinajstić information content (AvgIpc) is 2.74. The van der Waals surface area contributed by atoms with E-state index in [1.807, 2.05) is 13.8 Å². The lowest BCUT2D eigenvalue weighted by Crippen LogP contribution is -2.47. The van der Waals surface area contributed by atoms with Gasteiger partial charge in [-0.3, -0.25) is 4.79 Å². The first kappa shape index (κ1) is 24.2. The topological polar surface area (TPSA) is 104 Å². The van der Waals surface area contributed by atoms with Crippen LogP contribution in [-0.2, 0) is 24.8 Å². The molecule has 174 valence electrons. The molecular formula is C21H33N3O5S2. The van der Waals surface area contributed by atoms with Crippen LogP contribution < -0.4 is 5.32 Å².